The van der Waals surface area contributed by atoms with Gasteiger partial charge in [-0.1, -0.05) is 12.1 Å². The minimum atomic E-state index is -4.41. The molecule has 0 aliphatic carbocycles. The summed E-state index contributed by atoms with van der Waals surface area (Å²) in [6.07, 6.45) is -3.18. The van der Waals surface area contributed by atoms with Gasteiger partial charge in [0, 0.05) is 6.61 Å². The number of carbonyl (C=O) groups excluding carboxylic acids is 1. The van der Waals surface area contributed by atoms with Gasteiger partial charge in [0.2, 0.25) is 5.91 Å². The monoisotopic (exact) mass is 345 g/mol. The van der Waals surface area contributed by atoms with Crippen LogP contribution in [-0.2, 0) is 20.4 Å². The van der Waals surface area contributed by atoms with Crippen LogP contribution in [0.25, 0.3) is 0 Å². The van der Waals surface area contributed by atoms with Crippen molar-refractivity contribution >= 4 is 5.91 Å². The second-order valence-corrected chi connectivity index (χ2v) is 5.96. The van der Waals surface area contributed by atoms with Crippen LogP contribution in [0.5, 0.6) is 0 Å². The molecule has 0 saturated carbocycles. The van der Waals surface area contributed by atoms with Crippen LogP contribution in [-0.4, -0.2) is 31.3 Å². The molecule has 0 radical (unpaired) electrons. The first-order valence-corrected chi connectivity index (χ1v) is 7.98. The van der Waals surface area contributed by atoms with E-state index < -0.39 is 23.9 Å². The van der Waals surface area contributed by atoms with Gasteiger partial charge < -0.3 is 14.8 Å². The number of hydrogen-bond donors (Lipinski definition) is 1. The Morgan fingerprint density at radius 3 is 2.79 bits per heavy atom. The Morgan fingerprint density at radius 2 is 2.17 bits per heavy atom. The van der Waals surface area contributed by atoms with Gasteiger partial charge in [0.25, 0.3) is 0 Å². The van der Waals surface area contributed by atoms with Crippen LogP contribution in [0.1, 0.15) is 43.9 Å². The molecule has 0 aromatic heterocycles. The molecule has 4 nitrogen and oxygen atoms in total. The Kier molecular flexibility index (Phi) is 6.23. The molecule has 1 heterocycles. The molecule has 7 heteroatoms. The van der Waals surface area contributed by atoms with Crippen LogP contribution in [0.4, 0.5) is 13.2 Å². The van der Waals surface area contributed by atoms with Gasteiger partial charge in [-0.2, -0.15) is 13.2 Å². The number of nitrogens with one attached hydrogen (secondary N) is 1. The molecule has 1 aliphatic heterocycles. The summed E-state index contributed by atoms with van der Waals surface area (Å²) in [6, 6.07) is 4.39. The highest BCUT2D eigenvalue weighted by molar-refractivity contribution is 5.80. The van der Waals surface area contributed by atoms with E-state index in [1.54, 1.807) is 19.9 Å². The Bertz CT molecular complexity index is 556. The Morgan fingerprint density at radius 1 is 1.42 bits per heavy atom. The lowest BCUT2D eigenvalue weighted by atomic mass is 10.0. The number of benzene rings is 1. The third-order valence-corrected chi connectivity index (χ3v) is 4.00. The fourth-order valence-electron chi connectivity index (χ4n) is 2.50. The van der Waals surface area contributed by atoms with Gasteiger partial charge in [-0.25, -0.2) is 0 Å². The van der Waals surface area contributed by atoms with E-state index in [0.717, 1.165) is 25.0 Å². The molecule has 1 aromatic rings. The molecule has 1 saturated heterocycles. The molecule has 134 valence electrons. The van der Waals surface area contributed by atoms with Gasteiger partial charge in [-0.3, -0.25) is 4.79 Å². The average Bonchev–Trinajstić information content (AvgIpc) is 3.05. The van der Waals surface area contributed by atoms with Gasteiger partial charge in [-0.05, 0) is 44.4 Å². The first-order valence-electron chi connectivity index (χ1n) is 7.98. The maximum absolute atomic E-state index is 12.8. The largest absolute Gasteiger partial charge is 0.416 e. The highest BCUT2D eigenvalue weighted by Crippen LogP contribution is 2.30. The summed E-state index contributed by atoms with van der Waals surface area (Å²) in [5, 5.41) is 2.68. The van der Waals surface area contributed by atoms with Gasteiger partial charge >= 0.3 is 6.18 Å². The average molecular weight is 345 g/mol. The molecule has 2 rings (SSSR count). The van der Waals surface area contributed by atoms with Crippen molar-refractivity contribution < 1.29 is 27.4 Å². The fourth-order valence-corrected chi connectivity index (χ4v) is 2.50. The molecule has 0 bridgehead atoms. The summed E-state index contributed by atoms with van der Waals surface area (Å²) < 4.78 is 49.2. The predicted molar refractivity (Wildman–Crippen MR) is 82.4 cm³/mol. The summed E-state index contributed by atoms with van der Waals surface area (Å²) in [5.41, 5.74) is -0.340. The Labute approximate surface area is 139 Å². The normalized spacial score (nSPS) is 20.6. The maximum atomic E-state index is 12.8. The van der Waals surface area contributed by atoms with E-state index in [2.05, 4.69) is 5.32 Å². The van der Waals surface area contributed by atoms with Gasteiger partial charge in [0.15, 0.2) is 0 Å². The van der Waals surface area contributed by atoms with Crippen LogP contribution >= 0.6 is 0 Å². The lowest BCUT2D eigenvalue weighted by Gasteiger charge is -2.20. The lowest BCUT2D eigenvalue weighted by molar-refractivity contribution is -0.137. The van der Waals surface area contributed by atoms with E-state index in [4.69, 9.17) is 9.47 Å². The van der Waals surface area contributed by atoms with Crippen LogP contribution in [0, 0.1) is 0 Å². The van der Waals surface area contributed by atoms with E-state index in [1.165, 1.54) is 6.07 Å². The second-order valence-electron chi connectivity index (χ2n) is 5.96. The molecule has 1 fully saturated rings. The minimum absolute atomic E-state index is 0.0149. The third kappa shape index (κ3) is 5.21. The van der Waals surface area contributed by atoms with Crippen molar-refractivity contribution in [3.8, 4) is 0 Å². The first-order chi connectivity index (χ1) is 11.3. The quantitative estimate of drug-likeness (QED) is 0.859. The van der Waals surface area contributed by atoms with Gasteiger partial charge in [0.05, 0.1) is 24.3 Å². The molecule has 1 N–H and O–H groups in total. The van der Waals surface area contributed by atoms with Gasteiger partial charge in [-0.15, -0.1) is 0 Å². The molecule has 1 amide bonds. The number of rotatable bonds is 6. The SMILES string of the molecule is C[C@H](OC[C@H]1CCCO1)C(=O)N[C@H](C)c1cccc(C(F)(F)F)c1. The molecule has 1 aliphatic rings. The highest BCUT2D eigenvalue weighted by Gasteiger charge is 2.31. The van der Waals surface area contributed by atoms with Crippen molar-refractivity contribution in [2.75, 3.05) is 13.2 Å². The number of alkyl halides is 3. The Hall–Kier alpha value is -1.60. The third-order valence-electron chi connectivity index (χ3n) is 4.00. The highest BCUT2D eigenvalue weighted by atomic mass is 19.4. The minimum Gasteiger partial charge on any atom is -0.376 e. The maximum Gasteiger partial charge on any atom is 0.416 e. The van der Waals surface area contributed by atoms with E-state index in [9.17, 15) is 18.0 Å². The van der Waals surface area contributed by atoms with Crippen LogP contribution in [0.15, 0.2) is 24.3 Å². The zero-order chi connectivity index (χ0) is 17.7. The zero-order valence-corrected chi connectivity index (χ0v) is 13.7. The molecular weight excluding hydrogens is 323 g/mol. The number of carbonyl (C=O) groups is 1. The van der Waals surface area contributed by atoms with Crippen molar-refractivity contribution in [3.63, 3.8) is 0 Å². The topological polar surface area (TPSA) is 47.6 Å². The standard InChI is InChI=1S/C17H22F3NO3/c1-11(13-5-3-6-14(9-13)17(18,19)20)21-16(22)12(2)24-10-15-7-4-8-23-15/h3,5-6,9,11-12,15H,4,7-8,10H2,1-2H3,(H,21,22)/t11-,12+,15-/m1/s1. The molecule has 0 unspecified atom stereocenters. The molecule has 24 heavy (non-hydrogen) atoms. The van der Waals surface area contributed by atoms with Crippen molar-refractivity contribution in [2.45, 2.75) is 51.1 Å². The van der Waals surface area contributed by atoms with E-state index >= 15 is 0 Å². The fraction of sp³-hybridized carbons (Fsp3) is 0.588. The number of ether oxygens (including phenoxy) is 2. The molecular formula is C17H22F3NO3. The molecule has 0 spiro atoms. The van der Waals surface area contributed by atoms with Gasteiger partial charge in [0.1, 0.15) is 6.10 Å². The van der Waals surface area contributed by atoms with Crippen LogP contribution < -0.4 is 5.32 Å². The van der Waals surface area contributed by atoms with Crippen molar-refractivity contribution in [1.82, 2.24) is 5.32 Å². The number of amides is 1. The van der Waals surface area contributed by atoms with Crippen LogP contribution in [0.3, 0.4) is 0 Å². The van der Waals surface area contributed by atoms with Crippen molar-refractivity contribution in [3.05, 3.63) is 35.4 Å². The van der Waals surface area contributed by atoms with E-state index in [-0.39, 0.29) is 12.0 Å². The second kappa shape index (κ2) is 7.98. The summed E-state index contributed by atoms with van der Waals surface area (Å²) in [4.78, 5) is 12.1. The predicted octanol–water partition coefficient (Wildman–Crippen LogP) is 3.47. The summed E-state index contributed by atoms with van der Waals surface area (Å²) >= 11 is 0. The van der Waals surface area contributed by atoms with E-state index in [0.29, 0.717) is 18.8 Å². The van der Waals surface area contributed by atoms with Crippen LogP contribution in [0.2, 0.25) is 0 Å². The Balaban J connectivity index is 1.88. The van der Waals surface area contributed by atoms with E-state index in [1.807, 2.05) is 0 Å². The summed E-state index contributed by atoms with van der Waals surface area (Å²) in [7, 11) is 0. The van der Waals surface area contributed by atoms with Crippen molar-refractivity contribution in [2.24, 2.45) is 0 Å². The number of halogens is 3. The van der Waals surface area contributed by atoms with Crippen molar-refractivity contribution in [1.29, 1.82) is 0 Å². The zero-order valence-electron chi connectivity index (χ0n) is 13.7. The lowest BCUT2D eigenvalue weighted by Crippen LogP contribution is -2.37. The summed E-state index contributed by atoms with van der Waals surface area (Å²) in [5.74, 6) is -0.363. The number of hydrogen-bond acceptors (Lipinski definition) is 3. The molecule has 1 aromatic carbocycles. The smallest absolute Gasteiger partial charge is 0.376 e. The molecule has 3 atom stereocenters. The summed E-state index contributed by atoms with van der Waals surface area (Å²) in [6.45, 7) is 4.30. The first kappa shape index (κ1) is 18.7.